The lowest BCUT2D eigenvalue weighted by Gasteiger charge is -2.27. The highest BCUT2D eigenvalue weighted by Crippen LogP contribution is 2.40. The number of amides is 2. The summed E-state index contributed by atoms with van der Waals surface area (Å²) in [6.45, 7) is 0.933. The number of benzene rings is 1. The molecule has 0 saturated carbocycles. The van der Waals surface area contributed by atoms with E-state index in [1.165, 1.54) is 4.90 Å². The van der Waals surface area contributed by atoms with Crippen LogP contribution in [0.3, 0.4) is 0 Å². The molecule has 5 heteroatoms. The van der Waals surface area contributed by atoms with Crippen LogP contribution in [0.4, 0.5) is 0 Å². The van der Waals surface area contributed by atoms with Gasteiger partial charge in [0.2, 0.25) is 11.8 Å². The molecule has 0 aliphatic carbocycles. The van der Waals surface area contributed by atoms with Gasteiger partial charge in [0.05, 0.1) is 12.5 Å². The minimum absolute atomic E-state index is 0.115. The van der Waals surface area contributed by atoms with Gasteiger partial charge in [-0.15, -0.1) is 0 Å². The van der Waals surface area contributed by atoms with Gasteiger partial charge in [-0.1, -0.05) is 36.4 Å². The SMILES string of the molecule is O=C1CC([C@]23C=C[C@H](NC2)O3)C(=O)N1Cc1ccccc1. The first-order valence-corrected chi connectivity index (χ1v) is 7.17. The number of ether oxygens (including phenoxy) is 1. The summed E-state index contributed by atoms with van der Waals surface area (Å²) in [6.07, 6.45) is 3.97. The molecule has 1 aromatic carbocycles. The molecule has 2 bridgehead atoms. The Morgan fingerprint density at radius 1 is 1.29 bits per heavy atom. The maximum absolute atomic E-state index is 12.7. The molecule has 4 rings (SSSR count). The van der Waals surface area contributed by atoms with Crippen molar-refractivity contribution < 1.29 is 14.3 Å². The molecule has 1 unspecified atom stereocenters. The molecule has 2 fully saturated rings. The van der Waals surface area contributed by atoms with E-state index in [0.29, 0.717) is 13.1 Å². The van der Waals surface area contributed by atoms with Crippen LogP contribution in [0.2, 0.25) is 0 Å². The van der Waals surface area contributed by atoms with Gasteiger partial charge >= 0.3 is 0 Å². The summed E-state index contributed by atoms with van der Waals surface area (Å²) in [4.78, 5) is 26.2. The smallest absolute Gasteiger partial charge is 0.236 e. The number of imide groups is 1. The Morgan fingerprint density at radius 2 is 2.10 bits per heavy atom. The Hall–Kier alpha value is -1.98. The zero-order chi connectivity index (χ0) is 14.4. The second-order valence-corrected chi connectivity index (χ2v) is 5.79. The van der Waals surface area contributed by atoms with Gasteiger partial charge in [-0.3, -0.25) is 19.8 Å². The summed E-state index contributed by atoms with van der Waals surface area (Å²) in [5.74, 6) is -0.654. The van der Waals surface area contributed by atoms with Gasteiger partial charge in [-0.2, -0.15) is 0 Å². The van der Waals surface area contributed by atoms with Gasteiger partial charge in [-0.25, -0.2) is 0 Å². The van der Waals surface area contributed by atoms with Crippen molar-refractivity contribution in [2.45, 2.75) is 24.8 Å². The number of carbonyl (C=O) groups excluding carboxylic acids is 2. The van der Waals surface area contributed by atoms with E-state index in [9.17, 15) is 9.59 Å². The summed E-state index contributed by atoms with van der Waals surface area (Å²) in [6, 6.07) is 9.58. The molecule has 5 nitrogen and oxygen atoms in total. The fraction of sp³-hybridized carbons (Fsp3) is 0.375. The van der Waals surface area contributed by atoms with Crippen molar-refractivity contribution in [3.63, 3.8) is 0 Å². The number of carbonyl (C=O) groups is 2. The fourth-order valence-electron chi connectivity index (χ4n) is 3.35. The number of hydrogen-bond donors (Lipinski definition) is 1. The molecule has 3 atom stereocenters. The quantitative estimate of drug-likeness (QED) is 0.659. The van der Waals surface area contributed by atoms with Crippen molar-refractivity contribution in [1.82, 2.24) is 10.2 Å². The lowest BCUT2D eigenvalue weighted by molar-refractivity contribution is -0.142. The molecule has 2 amide bonds. The molecule has 0 aromatic heterocycles. The average molecular weight is 284 g/mol. The number of rotatable bonds is 3. The Labute approximate surface area is 122 Å². The van der Waals surface area contributed by atoms with Crippen LogP contribution >= 0.6 is 0 Å². The Bertz CT molecular complexity index is 628. The van der Waals surface area contributed by atoms with Crippen molar-refractivity contribution in [1.29, 1.82) is 0 Å². The van der Waals surface area contributed by atoms with Crippen LogP contribution in [0, 0.1) is 5.92 Å². The second kappa shape index (κ2) is 4.51. The van der Waals surface area contributed by atoms with E-state index in [1.54, 1.807) is 0 Å². The van der Waals surface area contributed by atoms with Crippen molar-refractivity contribution >= 4 is 11.8 Å². The third-order valence-corrected chi connectivity index (χ3v) is 4.50. The van der Waals surface area contributed by atoms with Crippen molar-refractivity contribution in [3.05, 3.63) is 48.0 Å². The van der Waals surface area contributed by atoms with Gasteiger partial charge in [0.25, 0.3) is 0 Å². The first-order chi connectivity index (χ1) is 10.2. The third-order valence-electron chi connectivity index (χ3n) is 4.50. The van der Waals surface area contributed by atoms with Crippen molar-refractivity contribution in [2.75, 3.05) is 6.54 Å². The molecule has 3 aliphatic heterocycles. The predicted molar refractivity (Wildman–Crippen MR) is 74.9 cm³/mol. The summed E-state index contributed by atoms with van der Waals surface area (Å²) in [7, 11) is 0. The molecule has 0 radical (unpaired) electrons. The van der Waals surface area contributed by atoms with Crippen LogP contribution in [0.15, 0.2) is 42.5 Å². The zero-order valence-electron chi connectivity index (χ0n) is 11.5. The zero-order valence-corrected chi connectivity index (χ0v) is 11.5. The molecule has 2 saturated heterocycles. The normalized spacial score (nSPS) is 34.2. The van der Waals surface area contributed by atoms with E-state index >= 15 is 0 Å². The summed E-state index contributed by atoms with van der Waals surface area (Å²) in [5, 5.41) is 3.18. The lowest BCUT2D eigenvalue weighted by Crippen LogP contribution is -2.44. The Balaban J connectivity index is 1.57. The van der Waals surface area contributed by atoms with Crippen LogP contribution in [0.1, 0.15) is 12.0 Å². The van der Waals surface area contributed by atoms with Gasteiger partial charge in [0, 0.05) is 13.0 Å². The van der Waals surface area contributed by atoms with Crippen LogP contribution in [0.25, 0.3) is 0 Å². The number of nitrogens with one attached hydrogen (secondary N) is 1. The van der Waals surface area contributed by atoms with Gasteiger partial charge in [-0.05, 0) is 11.6 Å². The number of likely N-dealkylation sites (tertiary alicyclic amines) is 1. The van der Waals surface area contributed by atoms with Crippen molar-refractivity contribution in [3.8, 4) is 0 Å². The fourth-order valence-corrected chi connectivity index (χ4v) is 3.35. The van der Waals surface area contributed by atoms with E-state index in [-0.39, 0.29) is 24.5 Å². The first kappa shape index (κ1) is 12.7. The summed E-state index contributed by atoms with van der Waals surface area (Å²) >= 11 is 0. The highest BCUT2D eigenvalue weighted by atomic mass is 16.5. The van der Waals surface area contributed by atoms with E-state index < -0.39 is 11.5 Å². The van der Waals surface area contributed by atoms with Gasteiger partial charge in [0.15, 0.2) is 0 Å². The first-order valence-electron chi connectivity index (χ1n) is 7.17. The topological polar surface area (TPSA) is 58.6 Å². The van der Waals surface area contributed by atoms with Crippen molar-refractivity contribution in [2.24, 2.45) is 5.92 Å². The summed E-state index contributed by atoms with van der Waals surface area (Å²) in [5.41, 5.74) is 0.325. The number of fused-ring (bicyclic) bond motifs is 2. The minimum Gasteiger partial charge on any atom is -0.347 e. The highest BCUT2D eigenvalue weighted by molar-refractivity contribution is 6.04. The van der Waals surface area contributed by atoms with E-state index in [1.807, 2.05) is 42.5 Å². The van der Waals surface area contributed by atoms with E-state index in [0.717, 1.165) is 5.56 Å². The van der Waals surface area contributed by atoms with Crippen LogP contribution in [-0.4, -0.2) is 35.1 Å². The third kappa shape index (κ3) is 1.92. The second-order valence-electron chi connectivity index (χ2n) is 5.79. The molecule has 1 aromatic rings. The van der Waals surface area contributed by atoms with Gasteiger partial charge < -0.3 is 4.74 Å². The standard InChI is InChI=1S/C16H16N2O3/c19-14-8-12(16-7-6-13(21-16)17-10-16)15(20)18(14)9-11-4-2-1-3-5-11/h1-7,12-13,17H,8-10H2/t12?,13-,16+/m1/s1. The highest BCUT2D eigenvalue weighted by Gasteiger charge is 2.55. The minimum atomic E-state index is -0.636. The van der Waals surface area contributed by atoms with E-state index in [2.05, 4.69) is 5.32 Å². The van der Waals surface area contributed by atoms with Crippen LogP contribution in [0.5, 0.6) is 0 Å². The Kier molecular flexibility index (Phi) is 2.74. The lowest BCUT2D eigenvalue weighted by atomic mass is 9.85. The van der Waals surface area contributed by atoms with Gasteiger partial charge in [0.1, 0.15) is 11.8 Å². The molecule has 108 valence electrons. The number of hydrogen-bond acceptors (Lipinski definition) is 4. The molecule has 3 heterocycles. The maximum Gasteiger partial charge on any atom is 0.236 e. The average Bonchev–Trinajstić information content (AvgIpc) is 3.18. The molecular formula is C16H16N2O3. The van der Waals surface area contributed by atoms with Crippen LogP contribution < -0.4 is 5.32 Å². The summed E-state index contributed by atoms with van der Waals surface area (Å²) < 4.78 is 5.84. The van der Waals surface area contributed by atoms with E-state index in [4.69, 9.17) is 4.74 Å². The molecule has 21 heavy (non-hydrogen) atoms. The maximum atomic E-state index is 12.7. The largest absolute Gasteiger partial charge is 0.347 e. The molecule has 3 aliphatic rings. The van der Waals surface area contributed by atoms with Crippen LogP contribution in [-0.2, 0) is 20.9 Å². The molecule has 1 N–H and O–H groups in total. The molecular weight excluding hydrogens is 268 g/mol. The molecule has 0 spiro atoms. The monoisotopic (exact) mass is 284 g/mol. The Morgan fingerprint density at radius 3 is 2.71 bits per heavy atom. The number of nitrogens with zero attached hydrogens (tertiary/aromatic N) is 1. The predicted octanol–water partition coefficient (Wildman–Crippen LogP) is 0.816.